The largest absolute Gasteiger partial charge is 0.394 e. The summed E-state index contributed by atoms with van der Waals surface area (Å²) < 4.78 is 15.2. The Morgan fingerprint density at radius 1 is 1.02 bits per heavy atom. The molecule has 3 rings (SSSR count). The maximum absolute atomic E-state index is 12.6. The zero-order valence-electron chi connectivity index (χ0n) is 23.8. The molecule has 3 heterocycles. The molecule has 2 fully saturated rings. The molecule has 0 aromatic heterocycles. The van der Waals surface area contributed by atoms with Gasteiger partial charge in [0.2, 0.25) is 11.8 Å². The third-order valence-electron chi connectivity index (χ3n) is 7.76. The first-order valence-electron chi connectivity index (χ1n) is 14.0. The van der Waals surface area contributed by atoms with Crippen LogP contribution < -0.4 is 5.32 Å². The summed E-state index contributed by atoms with van der Waals surface area (Å²) in [6.07, 6.45) is -13.2. The lowest BCUT2D eigenvalue weighted by Crippen LogP contribution is -2.60. The molecule has 0 radical (unpaired) electrons. The minimum atomic E-state index is -1.79. The Balaban J connectivity index is 1.39. The first-order chi connectivity index (χ1) is 20.4. The number of rotatable bonds is 14. The molecule has 0 aromatic carbocycles. The van der Waals surface area contributed by atoms with E-state index in [4.69, 9.17) is 9.47 Å². The van der Waals surface area contributed by atoms with Crippen molar-refractivity contribution in [3.8, 4) is 0 Å². The summed E-state index contributed by atoms with van der Waals surface area (Å²) >= 11 is 0. The van der Waals surface area contributed by atoms with E-state index in [0.717, 1.165) is 0 Å². The van der Waals surface area contributed by atoms with Gasteiger partial charge in [-0.3, -0.25) is 14.5 Å². The van der Waals surface area contributed by atoms with Crippen LogP contribution in [0.25, 0.3) is 0 Å². The zero-order valence-corrected chi connectivity index (χ0v) is 23.8. The van der Waals surface area contributed by atoms with E-state index in [1.165, 1.54) is 6.92 Å². The number of esters is 2. The molecule has 244 valence electrons. The quantitative estimate of drug-likeness (QED) is 0.0667. The van der Waals surface area contributed by atoms with E-state index < -0.39 is 86.5 Å². The van der Waals surface area contributed by atoms with Crippen molar-refractivity contribution in [2.24, 2.45) is 0 Å². The van der Waals surface area contributed by atoms with Crippen molar-refractivity contribution in [2.45, 2.75) is 75.2 Å². The van der Waals surface area contributed by atoms with Crippen molar-refractivity contribution >= 4 is 23.8 Å². The molecule has 8 atom stereocenters. The van der Waals surface area contributed by atoms with Gasteiger partial charge in [-0.05, 0) is 13.3 Å². The van der Waals surface area contributed by atoms with Gasteiger partial charge >= 0.3 is 11.9 Å². The fourth-order valence-corrected chi connectivity index (χ4v) is 4.95. The van der Waals surface area contributed by atoms with Crippen molar-refractivity contribution in [2.75, 3.05) is 52.5 Å². The highest BCUT2D eigenvalue weighted by molar-refractivity contribution is 6.12. The molecule has 3 aliphatic heterocycles. The number of piperazine rings is 1. The van der Waals surface area contributed by atoms with Crippen molar-refractivity contribution in [1.29, 1.82) is 0 Å². The topological polar surface area (TPSA) is 256 Å². The molecule has 17 heteroatoms. The normalized spacial score (nSPS) is 28.9. The SMILES string of the molecule is CC1=C(CCC(=O)N2CCN(CCNC(=O)C(O)C[C@@H](O[C@@H]3O[C@H](CO)[C@H](O)[C@H](O)[C@H]3O)C(O)CO)CC2)C(=O)OC1=O. The number of carbonyl (C=O) groups excluding carboxylic acids is 4. The van der Waals surface area contributed by atoms with Crippen LogP contribution in [0.15, 0.2) is 11.1 Å². The summed E-state index contributed by atoms with van der Waals surface area (Å²) in [5.41, 5.74) is 0.434. The van der Waals surface area contributed by atoms with Gasteiger partial charge in [-0.15, -0.1) is 0 Å². The number of hydrogen-bond acceptors (Lipinski definition) is 15. The minimum absolute atomic E-state index is 0.0646. The molecule has 3 aliphatic rings. The second-order valence-electron chi connectivity index (χ2n) is 10.7. The molecule has 0 saturated carbocycles. The zero-order chi connectivity index (χ0) is 31.8. The fourth-order valence-electron chi connectivity index (χ4n) is 4.95. The molecule has 2 amide bonds. The summed E-state index contributed by atoms with van der Waals surface area (Å²) in [5.74, 6) is -2.36. The summed E-state index contributed by atoms with van der Waals surface area (Å²) in [4.78, 5) is 51.9. The number of hydrogen-bond donors (Lipinski definition) is 8. The summed E-state index contributed by atoms with van der Waals surface area (Å²) in [7, 11) is 0. The Morgan fingerprint density at radius 2 is 1.70 bits per heavy atom. The van der Waals surface area contributed by atoms with Gasteiger partial charge in [0.25, 0.3) is 0 Å². The van der Waals surface area contributed by atoms with Gasteiger partial charge in [-0.1, -0.05) is 0 Å². The van der Waals surface area contributed by atoms with Gasteiger partial charge < -0.3 is 60.2 Å². The molecule has 2 saturated heterocycles. The molecule has 0 bridgehead atoms. The molecule has 8 N–H and O–H groups in total. The number of ether oxygens (including phenoxy) is 3. The van der Waals surface area contributed by atoms with Crippen LogP contribution in [-0.2, 0) is 33.4 Å². The smallest absolute Gasteiger partial charge is 0.342 e. The van der Waals surface area contributed by atoms with Crippen LogP contribution in [0.1, 0.15) is 26.2 Å². The van der Waals surface area contributed by atoms with Crippen LogP contribution in [0.5, 0.6) is 0 Å². The average molecular weight is 620 g/mol. The van der Waals surface area contributed by atoms with Gasteiger partial charge in [0.05, 0.1) is 19.3 Å². The van der Waals surface area contributed by atoms with E-state index >= 15 is 0 Å². The van der Waals surface area contributed by atoms with E-state index in [9.17, 15) is 54.9 Å². The van der Waals surface area contributed by atoms with Crippen LogP contribution in [0.4, 0.5) is 0 Å². The van der Waals surface area contributed by atoms with Gasteiger partial charge in [0.15, 0.2) is 6.29 Å². The monoisotopic (exact) mass is 619 g/mol. The van der Waals surface area contributed by atoms with Crippen LogP contribution in [0.3, 0.4) is 0 Å². The van der Waals surface area contributed by atoms with E-state index in [1.54, 1.807) is 4.90 Å². The van der Waals surface area contributed by atoms with Gasteiger partial charge in [-0.25, -0.2) is 9.59 Å². The predicted octanol–water partition coefficient (Wildman–Crippen LogP) is -5.28. The molecular formula is C26H41N3O14. The Hall–Kier alpha value is -2.58. The van der Waals surface area contributed by atoms with Gasteiger partial charge in [-0.2, -0.15) is 0 Å². The first kappa shape index (κ1) is 34.9. The Bertz CT molecular complexity index is 1030. The second kappa shape index (κ2) is 15.9. The highest BCUT2D eigenvalue weighted by Gasteiger charge is 2.45. The van der Waals surface area contributed by atoms with E-state index in [1.807, 2.05) is 4.90 Å². The highest BCUT2D eigenvalue weighted by Crippen LogP contribution is 2.25. The molecule has 43 heavy (non-hydrogen) atoms. The first-order valence-corrected chi connectivity index (χ1v) is 14.0. The third-order valence-corrected chi connectivity index (χ3v) is 7.76. The molecule has 17 nitrogen and oxygen atoms in total. The summed E-state index contributed by atoms with van der Waals surface area (Å²) in [6, 6.07) is 0. The molecular weight excluding hydrogens is 578 g/mol. The van der Waals surface area contributed by atoms with Crippen LogP contribution in [-0.4, -0.2) is 171 Å². The number of aliphatic hydroxyl groups is 7. The maximum Gasteiger partial charge on any atom is 0.342 e. The Morgan fingerprint density at radius 3 is 2.28 bits per heavy atom. The van der Waals surface area contributed by atoms with Crippen molar-refractivity contribution in [3.05, 3.63) is 11.1 Å². The molecule has 0 aliphatic carbocycles. The lowest BCUT2D eigenvalue weighted by atomic mass is 9.99. The lowest BCUT2D eigenvalue weighted by molar-refractivity contribution is -0.319. The highest BCUT2D eigenvalue weighted by atomic mass is 16.7. The van der Waals surface area contributed by atoms with Crippen molar-refractivity contribution < 1.29 is 69.1 Å². The molecule has 0 aromatic rings. The Kier molecular flexibility index (Phi) is 12.9. The summed E-state index contributed by atoms with van der Waals surface area (Å²) in [5, 5.41) is 71.8. The van der Waals surface area contributed by atoms with Crippen LogP contribution in [0.2, 0.25) is 0 Å². The van der Waals surface area contributed by atoms with Crippen molar-refractivity contribution in [1.82, 2.24) is 15.1 Å². The molecule has 2 unspecified atom stereocenters. The third kappa shape index (κ3) is 8.98. The fraction of sp³-hybridized carbons (Fsp3) is 0.769. The lowest BCUT2D eigenvalue weighted by Gasteiger charge is -2.41. The van der Waals surface area contributed by atoms with Gasteiger partial charge in [0.1, 0.15) is 36.6 Å². The molecule has 0 spiro atoms. The number of carbonyl (C=O) groups is 4. The standard InChI is InChI=1S/C26H41N3O14/c1-13-14(25(40)43-24(13)39)2-3-19(34)29-8-6-28(7-9-29)5-4-27-23(38)15(32)10-17(16(33)11-30)41-26-22(37)21(36)20(35)18(12-31)42-26/h15-18,20-22,26,30-33,35-37H,2-12H2,1H3,(H,27,38)/t15?,16?,17-,18-,20+,21+,22-,26-/m1/s1. The minimum Gasteiger partial charge on any atom is -0.394 e. The van der Waals surface area contributed by atoms with Crippen LogP contribution >= 0.6 is 0 Å². The van der Waals surface area contributed by atoms with Crippen LogP contribution in [0, 0.1) is 0 Å². The Labute approximate surface area is 247 Å². The van der Waals surface area contributed by atoms with E-state index in [0.29, 0.717) is 32.7 Å². The second-order valence-corrected chi connectivity index (χ2v) is 10.7. The number of aliphatic hydroxyl groups excluding tert-OH is 7. The van der Waals surface area contributed by atoms with E-state index in [2.05, 4.69) is 10.1 Å². The number of nitrogens with zero attached hydrogens (tertiary/aromatic N) is 2. The average Bonchev–Trinajstić information content (AvgIpc) is 3.24. The maximum atomic E-state index is 12.6. The number of nitrogens with one attached hydrogen (secondary N) is 1. The van der Waals surface area contributed by atoms with Gasteiger partial charge in [0, 0.05) is 63.3 Å². The number of cyclic esters (lactones) is 2. The number of amides is 2. The summed E-state index contributed by atoms with van der Waals surface area (Å²) in [6.45, 7) is 2.38. The van der Waals surface area contributed by atoms with E-state index in [-0.39, 0.29) is 36.4 Å². The van der Waals surface area contributed by atoms with Crippen molar-refractivity contribution in [3.63, 3.8) is 0 Å². The predicted molar refractivity (Wildman–Crippen MR) is 141 cm³/mol.